The maximum atomic E-state index is 2.89. The van der Waals surface area contributed by atoms with E-state index in [-0.39, 0.29) is 55.6 Å². The van der Waals surface area contributed by atoms with Gasteiger partial charge >= 0.3 is 0 Å². The van der Waals surface area contributed by atoms with E-state index in [1.165, 1.54) is 147 Å². The van der Waals surface area contributed by atoms with Crippen LogP contribution in [0.15, 0.2) is 146 Å². The summed E-state index contributed by atoms with van der Waals surface area (Å²) in [4.78, 5) is 8.53. The van der Waals surface area contributed by atoms with E-state index in [1.54, 1.807) is 0 Å². The highest BCUT2D eigenvalue weighted by molar-refractivity contribution is 7.00. The zero-order valence-electron chi connectivity index (χ0n) is 55.9. The molecule has 0 spiro atoms. The fourth-order valence-corrected chi connectivity index (χ4v) is 19.5. The number of hydrogen-bond donors (Lipinski definition) is 0. The predicted molar refractivity (Wildman–Crippen MR) is 374 cm³/mol. The molecule has 3 heterocycles. The molecule has 3 nitrogen and oxygen atoms in total. The first-order valence-corrected chi connectivity index (χ1v) is 33.4. The van der Waals surface area contributed by atoms with Crippen LogP contribution in [0.1, 0.15) is 219 Å². The first kappa shape index (κ1) is 56.7. The van der Waals surface area contributed by atoms with Gasteiger partial charge in [0.2, 0.25) is 0 Å². The molecule has 2 atom stereocenters. The van der Waals surface area contributed by atoms with Gasteiger partial charge in [-0.2, -0.15) is 0 Å². The van der Waals surface area contributed by atoms with Crippen molar-refractivity contribution in [2.45, 2.75) is 225 Å². The molecule has 7 aliphatic rings. The zero-order chi connectivity index (χ0) is 61.3. The predicted octanol–water partition coefficient (Wildman–Crippen LogP) is 20.7. The Bertz CT molecular complexity index is 4220. The van der Waals surface area contributed by atoms with Gasteiger partial charge in [-0.3, -0.25) is 0 Å². The van der Waals surface area contributed by atoms with Crippen LogP contribution in [-0.2, 0) is 43.3 Å². The number of fused-ring (bicyclic) bond motifs is 10. The van der Waals surface area contributed by atoms with Gasteiger partial charge in [0.15, 0.2) is 0 Å². The lowest BCUT2D eigenvalue weighted by Gasteiger charge is -2.51. The van der Waals surface area contributed by atoms with Gasteiger partial charge in [-0.15, -0.1) is 0 Å². The summed E-state index contributed by atoms with van der Waals surface area (Å²) in [6.45, 7) is 44.9. The third-order valence-electron chi connectivity index (χ3n) is 24.1. The normalized spacial score (nSPS) is 23.2. The molecule has 0 saturated heterocycles. The second-order valence-electron chi connectivity index (χ2n) is 33.9. The molecule has 4 aliphatic carbocycles. The second kappa shape index (κ2) is 18.2. The molecule has 8 aromatic carbocycles. The van der Waals surface area contributed by atoms with Crippen molar-refractivity contribution in [1.82, 2.24) is 0 Å². The highest BCUT2D eigenvalue weighted by Gasteiger charge is 2.59. The van der Waals surface area contributed by atoms with E-state index in [9.17, 15) is 0 Å². The quantitative estimate of drug-likeness (QED) is 0.159. The fourth-order valence-electron chi connectivity index (χ4n) is 19.5. The van der Waals surface area contributed by atoms with Crippen LogP contribution in [0.3, 0.4) is 0 Å². The topological polar surface area (TPSA) is 9.72 Å². The maximum Gasteiger partial charge on any atom is 0.252 e. The largest absolute Gasteiger partial charge is 0.334 e. The van der Waals surface area contributed by atoms with Crippen LogP contribution in [0.5, 0.6) is 0 Å². The summed E-state index contributed by atoms with van der Waals surface area (Å²) >= 11 is 0. The lowest BCUT2D eigenvalue weighted by Crippen LogP contribution is -2.62. The summed E-state index contributed by atoms with van der Waals surface area (Å²) in [5.41, 5.74) is 32.7. The SMILES string of the molecule is Cc1cc2c(cc1N1c3cc4c(cc3B3c5cc6c(cc5N(c5ccc(C(C)(C)C)cc5-c5ccccc5)c5cc(N7c8ccc(-c9ccccc9)cc8C8(C)CCCCC78C)cc1c53)C(C)(C)CCC6(C)C)C(C)(C)CC4(C)C)C(C)(C)CC2(C)C. The van der Waals surface area contributed by atoms with Gasteiger partial charge in [0.05, 0.1) is 11.2 Å². The number of aryl methyl sites for hydroxylation is 1. The molecule has 15 rings (SSSR count). The van der Waals surface area contributed by atoms with Crippen molar-refractivity contribution in [3.05, 3.63) is 196 Å². The van der Waals surface area contributed by atoms with Gasteiger partial charge < -0.3 is 14.7 Å². The van der Waals surface area contributed by atoms with Crippen LogP contribution in [0, 0.1) is 6.92 Å². The Balaban J connectivity index is 1.12. The Morgan fingerprint density at radius 2 is 0.851 bits per heavy atom. The van der Waals surface area contributed by atoms with Gasteiger partial charge in [-0.1, -0.05) is 215 Å². The molecule has 87 heavy (non-hydrogen) atoms. The van der Waals surface area contributed by atoms with E-state index < -0.39 is 0 Å². The second-order valence-corrected chi connectivity index (χ2v) is 33.9. The van der Waals surface area contributed by atoms with Gasteiger partial charge in [0, 0.05) is 50.8 Å². The van der Waals surface area contributed by atoms with Crippen molar-refractivity contribution in [1.29, 1.82) is 0 Å². The van der Waals surface area contributed by atoms with Crippen molar-refractivity contribution in [3.63, 3.8) is 0 Å². The Morgan fingerprint density at radius 1 is 0.379 bits per heavy atom. The van der Waals surface area contributed by atoms with Gasteiger partial charge in [-0.05, 0) is 228 Å². The smallest absolute Gasteiger partial charge is 0.252 e. The molecule has 0 N–H and O–H groups in total. The summed E-state index contributed by atoms with van der Waals surface area (Å²) in [7, 11) is 0. The van der Waals surface area contributed by atoms with E-state index in [4.69, 9.17) is 0 Å². The van der Waals surface area contributed by atoms with Gasteiger partial charge in [0.25, 0.3) is 6.71 Å². The molecular weight excluding hydrogens is 1050 g/mol. The van der Waals surface area contributed by atoms with E-state index in [1.807, 2.05) is 0 Å². The van der Waals surface area contributed by atoms with Crippen LogP contribution in [0.25, 0.3) is 22.3 Å². The molecule has 1 fully saturated rings. The third kappa shape index (κ3) is 8.05. The van der Waals surface area contributed by atoms with Crippen LogP contribution in [-0.4, -0.2) is 12.3 Å². The molecule has 2 unspecified atom stereocenters. The molecule has 1 saturated carbocycles. The minimum Gasteiger partial charge on any atom is -0.334 e. The van der Waals surface area contributed by atoms with Gasteiger partial charge in [0.1, 0.15) is 0 Å². The van der Waals surface area contributed by atoms with Crippen molar-refractivity contribution < 1.29 is 0 Å². The van der Waals surface area contributed by atoms with Crippen LogP contribution < -0.4 is 31.1 Å². The minimum absolute atomic E-state index is 0.00114. The summed E-state index contributed by atoms with van der Waals surface area (Å²) in [5, 5.41) is 0. The molecular formula is C83H94BN3. The highest BCUT2D eigenvalue weighted by Crippen LogP contribution is 2.64. The lowest BCUT2D eigenvalue weighted by molar-refractivity contribution is 0.195. The van der Waals surface area contributed by atoms with Crippen molar-refractivity contribution in [2.75, 3.05) is 14.7 Å². The third-order valence-corrected chi connectivity index (χ3v) is 24.1. The molecule has 444 valence electrons. The Morgan fingerprint density at radius 3 is 1.41 bits per heavy atom. The summed E-state index contributed by atoms with van der Waals surface area (Å²) in [6.07, 6.45) is 9.24. The van der Waals surface area contributed by atoms with Crippen LogP contribution in [0.2, 0.25) is 0 Å². The standard InChI is InChI=1S/C83H94BN3/c1-51-39-58-62(80(13,14)49-78(58,9)10)46-69(51)86-71-48-63-60(79(11,12)50-81(63,15)16)45-66(71)84-65-44-59-61(77(7,8)38-37-76(59,5)6)47-70(65)85(67-34-32-55(75(2,3)4)41-57(67)53-29-23-20-24-30-53)72-42-56(43-73(86)74(72)84)87-68-33-31-54(52-27-21-19-22-28-52)40-64(68)82(17)35-25-26-36-83(82,87)18/h19-24,27-34,39-48H,25-26,35-38,49-50H2,1-18H3. The fraction of sp³-hybridized carbons (Fsp3) is 0.422. The zero-order valence-corrected chi connectivity index (χ0v) is 55.9. The molecule has 0 bridgehead atoms. The molecule has 0 aromatic heterocycles. The van der Waals surface area contributed by atoms with Crippen molar-refractivity contribution >= 4 is 68.6 Å². The van der Waals surface area contributed by atoms with E-state index in [0.29, 0.717) is 0 Å². The van der Waals surface area contributed by atoms with Crippen molar-refractivity contribution in [2.24, 2.45) is 0 Å². The van der Waals surface area contributed by atoms with E-state index in [0.717, 1.165) is 38.5 Å². The summed E-state index contributed by atoms with van der Waals surface area (Å²) in [6, 6.07) is 59.2. The van der Waals surface area contributed by atoms with Crippen LogP contribution >= 0.6 is 0 Å². The molecule has 8 aromatic rings. The number of benzene rings is 8. The van der Waals surface area contributed by atoms with E-state index in [2.05, 4.69) is 285 Å². The molecule has 0 amide bonds. The van der Waals surface area contributed by atoms with Gasteiger partial charge in [-0.25, -0.2) is 0 Å². The number of nitrogens with zero attached hydrogens (tertiary/aromatic N) is 3. The Kier molecular flexibility index (Phi) is 11.9. The van der Waals surface area contributed by atoms with Crippen molar-refractivity contribution in [3.8, 4) is 22.3 Å². The van der Waals surface area contributed by atoms with Crippen LogP contribution in [0.4, 0.5) is 45.5 Å². The first-order valence-electron chi connectivity index (χ1n) is 33.4. The Hall–Kier alpha value is -6.78. The summed E-state index contributed by atoms with van der Waals surface area (Å²) < 4.78 is 0. The van der Waals surface area contributed by atoms with E-state index >= 15 is 0 Å². The number of anilines is 8. The average Bonchev–Trinajstić information content (AvgIpc) is 1.65. The minimum atomic E-state index is -0.203. The Labute approximate surface area is 523 Å². The molecule has 3 aliphatic heterocycles. The number of rotatable bonds is 5. The monoisotopic (exact) mass is 1140 g/mol. The maximum absolute atomic E-state index is 2.89. The number of hydrogen-bond acceptors (Lipinski definition) is 3. The summed E-state index contributed by atoms with van der Waals surface area (Å²) in [5.74, 6) is 0. The highest BCUT2D eigenvalue weighted by atomic mass is 15.3. The molecule has 4 heteroatoms. The lowest BCUT2D eigenvalue weighted by atomic mass is 9.33. The molecule has 0 radical (unpaired) electrons. The average molecular weight is 1140 g/mol. The first-order chi connectivity index (χ1) is 40.9.